The van der Waals surface area contributed by atoms with Gasteiger partial charge in [-0.3, -0.25) is 4.79 Å². The third kappa shape index (κ3) is 6.26. The molecule has 1 amide bonds. The van der Waals surface area contributed by atoms with E-state index in [0.717, 1.165) is 36.3 Å². The molecule has 3 rings (SSSR count). The number of carbonyl (C=O) groups is 1. The number of nitrogens with one attached hydrogen (secondary N) is 1. The van der Waals surface area contributed by atoms with E-state index in [1.807, 2.05) is 12.1 Å². The van der Waals surface area contributed by atoms with Gasteiger partial charge in [-0.25, -0.2) is 0 Å². The minimum absolute atomic E-state index is 0.0484. The van der Waals surface area contributed by atoms with E-state index in [0.29, 0.717) is 31.2 Å². The summed E-state index contributed by atoms with van der Waals surface area (Å²) in [6.07, 6.45) is 5.04. The van der Waals surface area contributed by atoms with E-state index in [1.54, 1.807) is 6.07 Å². The Morgan fingerprint density at radius 2 is 1.86 bits per heavy atom. The van der Waals surface area contributed by atoms with Gasteiger partial charge in [0, 0.05) is 18.0 Å². The lowest BCUT2D eigenvalue weighted by atomic mass is 9.74. The minimum Gasteiger partial charge on any atom is -0.504 e. The van der Waals surface area contributed by atoms with Crippen molar-refractivity contribution in [1.82, 2.24) is 5.32 Å². The van der Waals surface area contributed by atoms with Gasteiger partial charge in [-0.2, -0.15) is 0 Å². The molecule has 1 aliphatic rings. The number of amides is 1. The van der Waals surface area contributed by atoms with Crippen molar-refractivity contribution in [3.63, 3.8) is 0 Å². The molecule has 1 saturated carbocycles. The lowest BCUT2D eigenvalue weighted by molar-refractivity contribution is -0.121. The van der Waals surface area contributed by atoms with Crippen LogP contribution < -0.4 is 5.32 Å². The summed E-state index contributed by atoms with van der Waals surface area (Å²) in [5.41, 5.74) is 3.42. The molecule has 0 aromatic heterocycles. The van der Waals surface area contributed by atoms with Crippen molar-refractivity contribution in [3.8, 4) is 11.5 Å². The number of hydrogen-bond donors (Lipinski definition) is 3. The molecule has 0 aliphatic heterocycles. The fourth-order valence-electron chi connectivity index (χ4n) is 4.11. The van der Waals surface area contributed by atoms with Crippen LogP contribution in [0.3, 0.4) is 0 Å². The third-order valence-electron chi connectivity index (χ3n) is 5.63. The molecule has 4 nitrogen and oxygen atoms in total. The van der Waals surface area contributed by atoms with Crippen LogP contribution in [0.5, 0.6) is 11.5 Å². The molecule has 5 heteroatoms. The van der Waals surface area contributed by atoms with Crippen LogP contribution in [0.1, 0.15) is 49.1 Å². The second kappa shape index (κ2) is 9.84. The van der Waals surface area contributed by atoms with Crippen LogP contribution in [0.2, 0.25) is 5.02 Å². The Bertz CT molecular complexity index is 863. The number of rotatable bonds is 7. The molecule has 154 valence electrons. The molecule has 1 fully saturated rings. The van der Waals surface area contributed by atoms with E-state index in [4.69, 9.17) is 11.6 Å². The van der Waals surface area contributed by atoms with Crippen LogP contribution in [0.25, 0.3) is 0 Å². The smallest absolute Gasteiger partial charge is 0.220 e. The summed E-state index contributed by atoms with van der Waals surface area (Å²) in [4.78, 5) is 12.2. The molecular weight excluding hydrogens is 386 g/mol. The molecule has 0 bridgehead atoms. The van der Waals surface area contributed by atoms with Gasteiger partial charge in [0.25, 0.3) is 0 Å². The quantitative estimate of drug-likeness (QED) is 0.424. The number of halogens is 1. The van der Waals surface area contributed by atoms with Crippen molar-refractivity contribution < 1.29 is 15.0 Å². The first-order valence-electron chi connectivity index (χ1n) is 10.1. The zero-order valence-electron chi connectivity index (χ0n) is 16.5. The van der Waals surface area contributed by atoms with Crippen molar-refractivity contribution in [3.05, 3.63) is 70.8 Å². The highest BCUT2D eigenvalue weighted by Crippen LogP contribution is 2.40. The van der Waals surface area contributed by atoms with Gasteiger partial charge in [-0.1, -0.05) is 42.0 Å². The first-order chi connectivity index (χ1) is 13.9. The number of phenols is 2. The molecule has 2 aromatic rings. The summed E-state index contributed by atoms with van der Waals surface area (Å²) in [5, 5.41) is 22.6. The summed E-state index contributed by atoms with van der Waals surface area (Å²) < 4.78 is 0. The second-order valence-electron chi connectivity index (χ2n) is 7.97. The maximum atomic E-state index is 12.2. The molecule has 0 heterocycles. The maximum Gasteiger partial charge on any atom is 0.220 e. The Morgan fingerprint density at radius 3 is 2.59 bits per heavy atom. The fourth-order valence-corrected chi connectivity index (χ4v) is 4.24. The van der Waals surface area contributed by atoms with Gasteiger partial charge in [0.05, 0.1) is 0 Å². The zero-order valence-corrected chi connectivity index (χ0v) is 17.3. The van der Waals surface area contributed by atoms with Gasteiger partial charge in [0.1, 0.15) is 0 Å². The molecule has 29 heavy (non-hydrogen) atoms. The van der Waals surface area contributed by atoms with Crippen LogP contribution in [0, 0.1) is 5.92 Å². The highest BCUT2D eigenvalue weighted by atomic mass is 35.5. The van der Waals surface area contributed by atoms with Crippen molar-refractivity contribution in [2.24, 2.45) is 5.92 Å². The summed E-state index contributed by atoms with van der Waals surface area (Å²) in [7, 11) is 0. The predicted molar refractivity (Wildman–Crippen MR) is 116 cm³/mol. The normalized spacial score (nSPS) is 19.1. The van der Waals surface area contributed by atoms with Crippen LogP contribution in [0.15, 0.2) is 54.6 Å². The lowest BCUT2D eigenvalue weighted by Crippen LogP contribution is -2.26. The Labute approximate surface area is 177 Å². The molecule has 3 N–H and O–H groups in total. The van der Waals surface area contributed by atoms with Gasteiger partial charge in [0.2, 0.25) is 5.91 Å². The molecule has 0 saturated heterocycles. The van der Waals surface area contributed by atoms with Gasteiger partial charge in [-0.05, 0) is 79.3 Å². The summed E-state index contributed by atoms with van der Waals surface area (Å²) in [5.74, 6) is 0.693. The van der Waals surface area contributed by atoms with E-state index in [-0.39, 0.29) is 17.4 Å². The minimum atomic E-state index is -0.137. The van der Waals surface area contributed by atoms with Crippen molar-refractivity contribution in [1.29, 1.82) is 0 Å². The highest BCUT2D eigenvalue weighted by Gasteiger charge is 2.25. The zero-order chi connectivity index (χ0) is 20.8. The Hall–Kier alpha value is -2.46. The molecule has 2 unspecified atom stereocenters. The fraction of sp³-hybridized carbons (Fsp3) is 0.375. The van der Waals surface area contributed by atoms with E-state index in [9.17, 15) is 15.0 Å². The number of hydrogen-bond acceptors (Lipinski definition) is 3. The number of benzene rings is 2. The van der Waals surface area contributed by atoms with E-state index in [2.05, 4.69) is 24.0 Å². The first kappa shape index (κ1) is 21.3. The van der Waals surface area contributed by atoms with Crippen LogP contribution in [-0.4, -0.2) is 22.7 Å². The second-order valence-corrected chi connectivity index (χ2v) is 8.41. The van der Waals surface area contributed by atoms with Crippen LogP contribution in [0.4, 0.5) is 0 Å². The number of allylic oxidation sites excluding steroid dienone is 1. The summed E-state index contributed by atoms with van der Waals surface area (Å²) in [6, 6.07) is 12.8. The van der Waals surface area contributed by atoms with Crippen molar-refractivity contribution >= 4 is 17.5 Å². The van der Waals surface area contributed by atoms with E-state index in [1.165, 1.54) is 23.3 Å². The summed E-state index contributed by atoms with van der Waals surface area (Å²) >= 11 is 6.00. The summed E-state index contributed by atoms with van der Waals surface area (Å²) in [6.45, 7) is 4.72. The molecule has 0 spiro atoms. The standard InChI is InChI=1S/C24H28ClNO3/c1-16-12-18(14-20(13-16)19-4-6-21(25)7-5-19)3-9-24(29)26-11-10-17-2-8-22(27)23(28)15-17/h2,4-8,15,18,20,27-28H,1,3,9-14H2,(H,26,29). The SMILES string of the molecule is C=C1CC(CCC(=O)NCCc2ccc(O)c(O)c2)CC(c2ccc(Cl)cc2)C1. The number of carbonyl (C=O) groups excluding carboxylic acids is 1. The maximum absolute atomic E-state index is 12.2. The average Bonchev–Trinajstić information content (AvgIpc) is 2.69. The number of aromatic hydroxyl groups is 2. The molecular formula is C24H28ClNO3. The van der Waals surface area contributed by atoms with E-state index < -0.39 is 0 Å². The first-order valence-corrected chi connectivity index (χ1v) is 10.5. The largest absolute Gasteiger partial charge is 0.504 e. The molecule has 1 aliphatic carbocycles. The highest BCUT2D eigenvalue weighted by molar-refractivity contribution is 6.30. The molecule has 2 aromatic carbocycles. The van der Waals surface area contributed by atoms with Gasteiger partial charge in [-0.15, -0.1) is 0 Å². The molecule has 2 atom stereocenters. The Balaban J connectivity index is 1.43. The Kier molecular flexibility index (Phi) is 7.21. The average molecular weight is 414 g/mol. The van der Waals surface area contributed by atoms with Gasteiger partial charge < -0.3 is 15.5 Å². The predicted octanol–water partition coefficient (Wildman–Crippen LogP) is 5.33. The lowest BCUT2D eigenvalue weighted by Gasteiger charge is -2.31. The van der Waals surface area contributed by atoms with Crippen LogP contribution in [-0.2, 0) is 11.2 Å². The van der Waals surface area contributed by atoms with Gasteiger partial charge >= 0.3 is 0 Å². The third-order valence-corrected chi connectivity index (χ3v) is 5.88. The number of phenolic OH excluding ortho intramolecular Hbond substituents is 2. The molecule has 0 radical (unpaired) electrons. The van der Waals surface area contributed by atoms with Crippen LogP contribution >= 0.6 is 11.6 Å². The van der Waals surface area contributed by atoms with Crippen molar-refractivity contribution in [2.45, 2.75) is 44.4 Å². The van der Waals surface area contributed by atoms with Crippen molar-refractivity contribution in [2.75, 3.05) is 6.54 Å². The Morgan fingerprint density at radius 1 is 1.10 bits per heavy atom. The van der Waals surface area contributed by atoms with E-state index >= 15 is 0 Å². The van der Waals surface area contributed by atoms with Gasteiger partial charge in [0.15, 0.2) is 11.5 Å². The topological polar surface area (TPSA) is 69.6 Å². The monoisotopic (exact) mass is 413 g/mol.